The summed E-state index contributed by atoms with van der Waals surface area (Å²) in [4.78, 5) is 12.6. The Balaban J connectivity index is 1.48. The maximum atomic E-state index is 12.6. The van der Waals surface area contributed by atoms with Crippen molar-refractivity contribution in [3.8, 4) is 11.3 Å². The van der Waals surface area contributed by atoms with Gasteiger partial charge in [0, 0.05) is 11.8 Å². The maximum Gasteiger partial charge on any atom is 0.274 e. The van der Waals surface area contributed by atoms with Gasteiger partial charge in [-0.25, -0.2) is 0 Å². The fraction of sp³-hybridized carbons (Fsp3) is 0.0500. The van der Waals surface area contributed by atoms with Crippen molar-refractivity contribution < 1.29 is 4.79 Å². The molecule has 6 nitrogen and oxygen atoms in total. The Bertz CT molecular complexity index is 1170. The topological polar surface area (TPSA) is 75.6 Å². The Hall–Kier alpha value is -2.80. The zero-order valence-electron chi connectivity index (χ0n) is 14.9. The molecule has 0 aliphatic carbocycles. The average Bonchev–Trinajstić information content (AvgIpc) is 3.32. The Kier molecular flexibility index (Phi) is 5.58. The Morgan fingerprint density at radius 2 is 1.79 bits per heavy atom. The normalized spacial score (nSPS) is 10.9. The van der Waals surface area contributed by atoms with Gasteiger partial charge in [-0.05, 0) is 23.8 Å². The summed E-state index contributed by atoms with van der Waals surface area (Å²) >= 11 is 18.2. The molecule has 0 saturated heterocycles. The Labute approximate surface area is 181 Å². The van der Waals surface area contributed by atoms with Crippen LogP contribution in [0.1, 0.15) is 16.1 Å². The molecular formula is C20H14Cl3N5O. The van der Waals surface area contributed by atoms with Crippen LogP contribution in [0.2, 0.25) is 15.1 Å². The molecule has 2 aromatic heterocycles. The molecule has 0 atom stereocenters. The SMILES string of the molecule is O=C(Nc1nn(Cc2ccccc2)cc1Cl)c1cc(-c2ccc(Cl)c(Cl)c2)n[nH]1. The quantitative estimate of drug-likeness (QED) is 0.423. The molecule has 0 spiro atoms. The van der Waals surface area contributed by atoms with Crippen molar-refractivity contribution in [1.82, 2.24) is 20.0 Å². The number of nitrogens with one attached hydrogen (secondary N) is 2. The molecule has 2 aromatic carbocycles. The van der Waals surface area contributed by atoms with Crippen molar-refractivity contribution >= 4 is 46.5 Å². The number of aromatic amines is 1. The monoisotopic (exact) mass is 445 g/mol. The van der Waals surface area contributed by atoms with Crippen molar-refractivity contribution in [2.24, 2.45) is 0 Å². The molecule has 2 N–H and O–H groups in total. The summed E-state index contributed by atoms with van der Waals surface area (Å²) in [5.74, 6) is -0.131. The van der Waals surface area contributed by atoms with Crippen LogP contribution in [-0.4, -0.2) is 25.9 Å². The van der Waals surface area contributed by atoms with E-state index in [0.717, 1.165) is 11.1 Å². The molecule has 2 heterocycles. The van der Waals surface area contributed by atoms with E-state index in [9.17, 15) is 4.79 Å². The lowest BCUT2D eigenvalue weighted by molar-refractivity contribution is 0.102. The zero-order chi connectivity index (χ0) is 20.4. The second-order valence-corrected chi connectivity index (χ2v) is 7.48. The second-order valence-electron chi connectivity index (χ2n) is 6.26. The number of carbonyl (C=O) groups excluding carboxylic acids is 1. The third kappa shape index (κ3) is 4.45. The van der Waals surface area contributed by atoms with Crippen molar-refractivity contribution in [3.05, 3.63) is 87.1 Å². The highest BCUT2D eigenvalue weighted by Gasteiger charge is 2.16. The van der Waals surface area contributed by atoms with Crippen LogP contribution < -0.4 is 5.32 Å². The first-order valence-electron chi connectivity index (χ1n) is 8.58. The fourth-order valence-corrected chi connectivity index (χ4v) is 3.25. The van der Waals surface area contributed by atoms with Crippen LogP contribution >= 0.6 is 34.8 Å². The van der Waals surface area contributed by atoms with Gasteiger partial charge < -0.3 is 5.32 Å². The zero-order valence-corrected chi connectivity index (χ0v) is 17.1. The standard InChI is InChI=1S/C20H14Cl3N5O/c21-14-7-6-13(8-15(14)22)17-9-18(26-25-17)20(29)24-19-16(23)11-28(27-19)10-12-4-2-1-3-5-12/h1-9,11H,10H2,(H,25,26)(H,24,27,29). The van der Waals surface area contributed by atoms with E-state index in [2.05, 4.69) is 20.6 Å². The number of hydrogen-bond acceptors (Lipinski definition) is 3. The van der Waals surface area contributed by atoms with Crippen molar-refractivity contribution in [3.63, 3.8) is 0 Å². The van der Waals surface area contributed by atoms with Crippen molar-refractivity contribution in [2.45, 2.75) is 6.54 Å². The van der Waals surface area contributed by atoms with Gasteiger partial charge >= 0.3 is 0 Å². The number of benzene rings is 2. The lowest BCUT2D eigenvalue weighted by atomic mass is 10.1. The summed E-state index contributed by atoms with van der Waals surface area (Å²) in [6, 6.07) is 16.6. The van der Waals surface area contributed by atoms with Crippen LogP contribution in [0.4, 0.5) is 5.82 Å². The van der Waals surface area contributed by atoms with Gasteiger partial charge in [-0.3, -0.25) is 14.6 Å². The fourth-order valence-electron chi connectivity index (χ4n) is 2.75. The highest BCUT2D eigenvalue weighted by atomic mass is 35.5. The molecule has 1 amide bonds. The van der Waals surface area contributed by atoms with Crippen LogP contribution in [0.15, 0.2) is 60.8 Å². The molecule has 0 radical (unpaired) electrons. The minimum absolute atomic E-state index is 0.264. The molecule has 146 valence electrons. The van der Waals surface area contributed by atoms with E-state index < -0.39 is 5.91 Å². The smallest absolute Gasteiger partial charge is 0.274 e. The summed E-state index contributed by atoms with van der Waals surface area (Å²) in [6.45, 7) is 0.544. The molecule has 0 aliphatic heterocycles. The van der Waals surface area contributed by atoms with E-state index in [1.807, 2.05) is 30.3 Å². The van der Waals surface area contributed by atoms with Gasteiger partial charge in [-0.2, -0.15) is 10.2 Å². The number of halogens is 3. The summed E-state index contributed by atoms with van der Waals surface area (Å²) < 4.78 is 1.67. The number of hydrogen-bond donors (Lipinski definition) is 2. The third-order valence-electron chi connectivity index (χ3n) is 4.17. The number of amides is 1. The third-order valence-corrected chi connectivity index (χ3v) is 5.19. The van der Waals surface area contributed by atoms with Gasteiger partial charge in [0.1, 0.15) is 10.7 Å². The van der Waals surface area contributed by atoms with E-state index in [1.165, 1.54) is 0 Å². The van der Waals surface area contributed by atoms with Gasteiger partial charge in [0.2, 0.25) is 0 Å². The van der Waals surface area contributed by atoms with Crippen LogP contribution in [0.3, 0.4) is 0 Å². The molecule has 4 rings (SSSR count). The number of anilines is 1. The molecule has 4 aromatic rings. The molecule has 0 unspecified atom stereocenters. The summed E-state index contributed by atoms with van der Waals surface area (Å²) in [7, 11) is 0. The number of H-pyrrole nitrogens is 1. The number of carbonyl (C=O) groups is 1. The largest absolute Gasteiger partial charge is 0.302 e. The minimum Gasteiger partial charge on any atom is -0.302 e. The van der Waals surface area contributed by atoms with E-state index in [1.54, 1.807) is 35.1 Å². The summed E-state index contributed by atoms with van der Waals surface area (Å²) in [6.07, 6.45) is 1.66. The lowest BCUT2D eigenvalue weighted by Gasteiger charge is -2.02. The Morgan fingerprint density at radius 3 is 2.55 bits per heavy atom. The summed E-state index contributed by atoms with van der Waals surface area (Å²) in [5.41, 5.74) is 2.64. The van der Waals surface area contributed by atoms with E-state index in [0.29, 0.717) is 27.3 Å². The first kappa shape index (κ1) is 19.5. The Morgan fingerprint density at radius 1 is 1.00 bits per heavy atom. The van der Waals surface area contributed by atoms with Crippen molar-refractivity contribution in [2.75, 3.05) is 5.32 Å². The highest BCUT2D eigenvalue weighted by Crippen LogP contribution is 2.28. The van der Waals surface area contributed by atoms with Crippen LogP contribution in [0.25, 0.3) is 11.3 Å². The van der Waals surface area contributed by atoms with Gasteiger partial charge in [0.05, 0.1) is 22.3 Å². The number of nitrogens with zero attached hydrogens (tertiary/aromatic N) is 3. The summed E-state index contributed by atoms with van der Waals surface area (Å²) in [5, 5.41) is 15.1. The van der Waals surface area contributed by atoms with E-state index in [-0.39, 0.29) is 11.5 Å². The van der Waals surface area contributed by atoms with E-state index in [4.69, 9.17) is 34.8 Å². The lowest BCUT2D eigenvalue weighted by Crippen LogP contribution is -2.13. The van der Waals surface area contributed by atoms with Gasteiger partial charge in [-0.15, -0.1) is 0 Å². The molecule has 29 heavy (non-hydrogen) atoms. The maximum absolute atomic E-state index is 12.6. The van der Waals surface area contributed by atoms with Crippen LogP contribution in [0, 0.1) is 0 Å². The first-order valence-corrected chi connectivity index (χ1v) is 9.72. The average molecular weight is 447 g/mol. The van der Waals surface area contributed by atoms with Gasteiger partial charge in [0.15, 0.2) is 5.82 Å². The van der Waals surface area contributed by atoms with Gasteiger partial charge in [-0.1, -0.05) is 71.2 Å². The molecule has 0 aliphatic rings. The molecular weight excluding hydrogens is 433 g/mol. The minimum atomic E-state index is -0.407. The van der Waals surface area contributed by atoms with Crippen LogP contribution in [-0.2, 0) is 6.54 Å². The number of aromatic nitrogens is 4. The molecule has 9 heteroatoms. The van der Waals surface area contributed by atoms with E-state index >= 15 is 0 Å². The number of rotatable bonds is 5. The predicted octanol–water partition coefficient (Wildman–Crippen LogP) is 5.53. The molecule has 0 saturated carbocycles. The molecule has 0 bridgehead atoms. The highest BCUT2D eigenvalue weighted by molar-refractivity contribution is 6.42. The molecule has 0 fully saturated rings. The predicted molar refractivity (Wildman–Crippen MR) is 115 cm³/mol. The van der Waals surface area contributed by atoms with Crippen molar-refractivity contribution in [1.29, 1.82) is 0 Å². The first-order chi connectivity index (χ1) is 14.0. The second kappa shape index (κ2) is 8.29. The van der Waals surface area contributed by atoms with Crippen LogP contribution in [0.5, 0.6) is 0 Å². The van der Waals surface area contributed by atoms with Gasteiger partial charge in [0.25, 0.3) is 5.91 Å².